The van der Waals surface area contributed by atoms with Gasteiger partial charge >= 0.3 is 5.97 Å². The van der Waals surface area contributed by atoms with E-state index in [-0.39, 0.29) is 49.0 Å². The summed E-state index contributed by atoms with van der Waals surface area (Å²) in [7, 11) is 1.62. The highest BCUT2D eigenvalue weighted by Crippen LogP contribution is 2.35. The van der Waals surface area contributed by atoms with Crippen LogP contribution in [0.3, 0.4) is 0 Å². The molecule has 0 spiro atoms. The zero-order valence-corrected chi connectivity index (χ0v) is 17.7. The lowest BCUT2D eigenvalue weighted by Crippen LogP contribution is -2.33. The van der Waals surface area contributed by atoms with E-state index in [1.807, 2.05) is 30.6 Å². The van der Waals surface area contributed by atoms with Crippen molar-refractivity contribution in [2.24, 2.45) is 11.8 Å². The molecule has 1 aromatic rings. The van der Waals surface area contributed by atoms with Crippen LogP contribution in [0.4, 0.5) is 0 Å². The number of allylic oxidation sites excluding steroid dienone is 2. The molecular weight excluding hydrogens is 388 g/mol. The minimum Gasteiger partial charge on any atom is -0.457 e. The van der Waals surface area contributed by atoms with E-state index in [0.29, 0.717) is 31.6 Å². The number of rotatable bonds is 9. The number of fused-ring (bicyclic) bond motifs is 1. The van der Waals surface area contributed by atoms with Gasteiger partial charge in [-0.3, -0.25) is 24.1 Å². The predicted octanol–water partition coefficient (Wildman–Crippen LogP) is 1.82. The van der Waals surface area contributed by atoms with Gasteiger partial charge in [-0.15, -0.1) is 0 Å². The molecular formula is C22H28N2O6. The zero-order valence-electron chi connectivity index (χ0n) is 17.7. The predicted molar refractivity (Wildman–Crippen MR) is 108 cm³/mol. The maximum Gasteiger partial charge on any atom is 0.308 e. The van der Waals surface area contributed by atoms with Crippen molar-refractivity contribution in [2.45, 2.75) is 39.7 Å². The van der Waals surface area contributed by atoms with Crippen molar-refractivity contribution in [3.8, 4) is 0 Å². The molecule has 2 atom stereocenters. The van der Waals surface area contributed by atoms with Gasteiger partial charge in [-0.05, 0) is 32.8 Å². The van der Waals surface area contributed by atoms with Crippen LogP contribution in [0.5, 0.6) is 0 Å². The number of Topliss-reactive ketones (excluding diaryl/α,β-unsaturated/α-hetero) is 1. The van der Waals surface area contributed by atoms with E-state index >= 15 is 0 Å². The summed E-state index contributed by atoms with van der Waals surface area (Å²) >= 11 is 0. The van der Waals surface area contributed by atoms with Gasteiger partial charge in [0, 0.05) is 37.2 Å². The second-order valence-corrected chi connectivity index (χ2v) is 7.75. The first-order valence-corrected chi connectivity index (χ1v) is 10.2. The Morgan fingerprint density at radius 3 is 2.30 bits per heavy atom. The van der Waals surface area contributed by atoms with Crippen LogP contribution in [-0.4, -0.2) is 59.9 Å². The van der Waals surface area contributed by atoms with Crippen molar-refractivity contribution in [1.29, 1.82) is 0 Å². The van der Waals surface area contributed by atoms with Crippen LogP contribution in [0, 0.1) is 25.7 Å². The fourth-order valence-corrected chi connectivity index (χ4v) is 4.20. The Balaban J connectivity index is 1.50. The standard InChI is InChI=1S/C22H28N2O6/c1-14-12-18(15(2)23(14)10-11-29-3)19(25)13-30-20(26)8-9-24-21(27)16-6-4-5-7-17(16)22(24)28/h4-5,12,16-17H,6-11,13H2,1-3H3/t16-,17-/m0/s1. The van der Waals surface area contributed by atoms with Crippen molar-refractivity contribution in [2.75, 3.05) is 26.9 Å². The molecule has 2 aliphatic rings. The van der Waals surface area contributed by atoms with Crippen LogP contribution in [0.1, 0.15) is 41.0 Å². The monoisotopic (exact) mass is 416 g/mol. The highest BCUT2D eigenvalue weighted by atomic mass is 16.5. The van der Waals surface area contributed by atoms with Gasteiger partial charge in [0.05, 0.1) is 24.9 Å². The average molecular weight is 416 g/mol. The van der Waals surface area contributed by atoms with Gasteiger partial charge in [-0.1, -0.05) is 12.2 Å². The molecule has 30 heavy (non-hydrogen) atoms. The quantitative estimate of drug-likeness (QED) is 0.264. The summed E-state index contributed by atoms with van der Waals surface area (Å²) in [5.41, 5.74) is 2.24. The molecule has 162 valence electrons. The lowest BCUT2D eigenvalue weighted by molar-refractivity contribution is -0.145. The normalized spacial score (nSPS) is 20.6. The fraction of sp³-hybridized carbons (Fsp3) is 0.545. The smallest absolute Gasteiger partial charge is 0.308 e. The summed E-state index contributed by atoms with van der Waals surface area (Å²) < 4.78 is 12.2. The Morgan fingerprint density at radius 2 is 1.70 bits per heavy atom. The van der Waals surface area contributed by atoms with E-state index in [0.717, 1.165) is 16.3 Å². The third kappa shape index (κ3) is 4.38. The molecule has 2 amide bonds. The van der Waals surface area contributed by atoms with E-state index < -0.39 is 5.97 Å². The molecule has 1 aliphatic carbocycles. The topological polar surface area (TPSA) is 94.9 Å². The van der Waals surface area contributed by atoms with E-state index in [2.05, 4.69) is 0 Å². The first-order valence-electron chi connectivity index (χ1n) is 10.2. The van der Waals surface area contributed by atoms with E-state index in [1.165, 1.54) is 0 Å². The third-order valence-corrected chi connectivity index (χ3v) is 5.90. The zero-order chi connectivity index (χ0) is 21.8. The maximum atomic E-state index is 12.5. The number of nitrogens with zero attached hydrogens (tertiary/aromatic N) is 2. The van der Waals surface area contributed by atoms with E-state index in [1.54, 1.807) is 13.2 Å². The van der Waals surface area contributed by atoms with Gasteiger partial charge < -0.3 is 14.0 Å². The average Bonchev–Trinajstić information content (AvgIpc) is 3.16. The number of methoxy groups -OCH3 is 1. The number of imide groups is 1. The van der Waals surface area contributed by atoms with Gasteiger partial charge in [0.25, 0.3) is 0 Å². The Morgan fingerprint density at radius 1 is 1.07 bits per heavy atom. The molecule has 0 unspecified atom stereocenters. The molecule has 1 saturated heterocycles. The van der Waals surface area contributed by atoms with Gasteiger partial charge in [0.2, 0.25) is 17.6 Å². The van der Waals surface area contributed by atoms with Crippen LogP contribution < -0.4 is 0 Å². The van der Waals surface area contributed by atoms with Crippen LogP contribution in [0.2, 0.25) is 0 Å². The van der Waals surface area contributed by atoms with Crippen LogP contribution in [0.15, 0.2) is 18.2 Å². The Bertz CT molecular complexity index is 858. The molecule has 2 heterocycles. The summed E-state index contributed by atoms with van der Waals surface area (Å²) in [6, 6.07) is 1.78. The Hall–Kier alpha value is -2.74. The van der Waals surface area contributed by atoms with Crippen molar-refractivity contribution < 1.29 is 28.7 Å². The van der Waals surface area contributed by atoms with Gasteiger partial charge in [-0.2, -0.15) is 0 Å². The van der Waals surface area contributed by atoms with E-state index in [4.69, 9.17) is 9.47 Å². The van der Waals surface area contributed by atoms with Gasteiger partial charge in [0.1, 0.15) is 0 Å². The Labute approximate surface area is 175 Å². The number of hydrogen-bond donors (Lipinski definition) is 0. The second-order valence-electron chi connectivity index (χ2n) is 7.75. The number of esters is 1. The summed E-state index contributed by atoms with van der Waals surface area (Å²) in [5.74, 6) is -1.96. The molecule has 3 rings (SSSR count). The SMILES string of the molecule is COCCn1c(C)cc(C(=O)COC(=O)CCN2C(=O)[C@H]3CC=CC[C@@H]3C2=O)c1C. The van der Waals surface area contributed by atoms with E-state index in [9.17, 15) is 19.2 Å². The van der Waals surface area contributed by atoms with Crippen molar-refractivity contribution >= 4 is 23.6 Å². The molecule has 8 nitrogen and oxygen atoms in total. The highest BCUT2D eigenvalue weighted by molar-refractivity contribution is 6.05. The second kappa shape index (κ2) is 9.38. The molecule has 0 saturated carbocycles. The number of hydrogen-bond acceptors (Lipinski definition) is 6. The third-order valence-electron chi connectivity index (χ3n) is 5.90. The molecule has 0 bridgehead atoms. The molecule has 1 aromatic heterocycles. The number of likely N-dealkylation sites (tertiary alicyclic amines) is 1. The molecule has 0 aromatic carbocycles. The first-order chi connectivity index (χ1) is 14.3. The lowest BCUT2D eigenvalue weighted by Gasteiger charge is -2.14. The summed E-state index contributed by atoms with van der Waals surface area (Å²) in [6.07, 6.45) is 4.84. The van der Waals surface area contributed by atoms with Crippen LogP contribution in [0.25, 0.3) is 0 Å². The molecule has 0 N–H and O–H groups in total. The summed E-state index contributed by atoms with van der Waals surface area (Å²) in [6.45, 7) is 4.54. The van der Waals surface area contributed by atoms with Crippen LogP contribution in [-0.2, 0) is 30.4 Å². The fourth-order valence-electron chi connectivity index (χ4n) is 4.20. The van der Waals surface area contributed by atoms with Gasteiger partial charge in [0.15, 0.2) is 6.61 Å². The number of aryl methyl sites for hydroxylation is 1. The largest absolute Gasteiger partial charge is 0.457 e. The van der Waals surface area contributed by atoms with Gasteiger partial charge in [-0.25, -0.2) is 0 Å². The maximum absolute atomic E-state index is 12.5. The number of aromatic nitrogens is 1. The van der Waals surface area contributed by atoms with Crippen molar-refractivity contribution in [3.63, 3.8) is 0 Å². The van der Waals surface area contributed by atoms with Crippen LogP contribution >= 0.6 is 0 Å². The summed E-state index contributed by atoms with van der Waals surface area (Å²) in [5, 5.41) is 0. The first kappa shape index (κ1) is 22.0. The Kier molecular flexibility index (Phi) is 6.87. The highest BCUT2D eigenvalue weighted by Gasteiger charge is 2.46. The molecule has 1 aliphatic heterocycles. The number of carbonyl (C=O) groups is 4. The number of amides is 2. The molecule has 0 radical (unpaired) electrons. The molecule has 8 heteroatoms. The number of ketones is 1. The number of ether oxygens (including phenoxy) is 2. The van der Waals surface area contributed by atoms with Crippen molar-refractivity contribution in [3.05, 3.63) is 35.2 Å². The lowest BCUT2D eigenvalue weighted by atomic mass is 9.85. The number of carbonyl (C=O) groups excluding carboxylic acids is 4. The summed E-state index contributed by atoms with van der Waals surface area (Å²) in [4.78, 5) is 50.6. The molecule has 1 fully saturated rings. The minimum absolute atomic E-state index is 0.0107. The van der Waals surface area contributed by atoms with Crippen molar-refractivity contribution in [1.82, 2.24) is 9.47 Å². The minimum atomic E-state index is -0.606.